The lowest BCUT2D eigenvalue weighted by Crippen LogP contribution is -2.26. The number of nitriles is 1. The highest BCUT2D eigenvalue weighted by molar-refractivity contribution is 5.86. The van der Waals surface area contributed by atoms with Gasteiger partial charge in [0.2, 0.25) is 11.8 Å². The number of aromatic nitrogens is 2. The molecule has 192 valence electrons. The Hall–Kier alpha value is -5.29. The molecule has 0 amide bonds. The van der Waals surface area contributed by atoms with Gasteiger partial charge >= 0.3 is 5.63 Å². The van der Waals surface area contributed by atoms with Crippen molar-refractivity contribution in [3.05, 3.63) is 123 Å². The topological polar surface area (TPSA) is 116 Å². The Morgan fingerprint density at radius 2 is 1.62 bits per heavy atom. The maximum absolute atomic E-state index is 13.5. The molecule has 6 rings (SSSR count). The zero-order valence-electron chi connectivity index (χ0n) is 21.6. The standard InChI is InChI=1S/C31H24N4O4/c1-17-8-12-20(13-9-17)35-30(37-21-14-10-18(2)11-15-21)25(19(3)34-35)26-23(16-32)29(33)39-28-22-6-4-5-7-24(22)38-31(36)27(26)28/h4-15,26H,33H2,1-3H3. The van der Waals surface area contributed by atoms with Crippen molar-refractivity contribution in [2.24, 2.45) is 5.73 Å². The highest BCUT2D eigenvalue weighted by Gasteiger charge is 2.40. The van der Waals surface area contributed by atoms with Crippen LogP contribution in [0.3, 0.4) is 0 Å². The van der Waals surface area contributed by atoms with Crippen molar-refractivity contribution in [2.75, 3.05) is 0 Å². The van der Waals surface area contributed by atoms with Gasteiger partial charge in [-0.25, -0.2) is 9.48 Å². The van der Waals surface area contributed by atoms with Crippen LogP contribution in [0, 0.1) is 32.1 Å². The number of rotatable bonds is 4. The molecule has 0 bridgehead atoms. The second kappa shape index (κ2) is 9.23. The van der Waals surface area contributed by atoms with E-state index in [1.165, 1.54) is 0 Å². The van der Waals surface area contributed by atoms with Crippen molar-refractivity contribution >= 4 is 11.0 Å². The van der Waals surface area contributed by atoms with E-state index in [4.69, 9.17) is 24.7 Å². The Labute approximate surface area is 224 Å². The van der Waals surface area contributed by atoms with Crippen LogP contribution in [0.4, 0.5) is 0 Å². The number of aryl methyl sites for hydroxylation is 3. The quantitative estimate of drug-likeness (QED) is 0.295. The highest BCUT2D eigenvalue weighted by atomic mass is 16.5. The van der Waals surface area contributed by atoms with E-state index in [0.717, 1.165) is 16.8 Å². The monoisotopic (exact) mass is 516 g/mol. The minimum Gasteiger partial charge on any atom is -0.439 e. The van der Waals surface area contributed by atoms with Crippen LogP contribution in [-0.4, -0.2) is 9.78 Å². The summed E-state index contributed by atoms with van der Waals surface area (Å²) in [5.41, 5.74) is 10.3. The van der Waals surface area contributed by atoms with Gasteiger partial charge < -0.3 is 19.6 Å². The normalized spacial score (nSPS) is 14.6. The van der Waals surface area contributed by atoms with Gasteiger partial charge in [-0.05, 0) is 57.2 Å². The summed E-state index contributed by atoms with van der Waals surface area (Å²) in [5.74, 6) is 0.162. The number of nitrogens with two attached hydrogens (primary N) is 1. The lowest BCUT2D eigenvalue weighted by Gasteiger charge is -2.26. The van der Waals surface area contributed by atoms with E-state index in [0.29, 0.717) is 33.9 Å². The van der Waals surface area contributed by atoms with E-state index in [1.54, 1.807) is 22.9 Å². The Morgan fingerprint density at radius 3 is 2.31 bits per heavy atom. The van der Waals surface area contributed by atoms with Crippen LogP contribution >= 0.6 is 0 Å². The number of hydrogen-bond donors (Lipinski definition) is 1. The van der Waals surface area contributed by atoms with E-state index < -0.39 is 11.5 Å². The first-order valence-electron chi connectivity index (χ1n) is 12.4. The molecule has 0 saturated heterocycles. The van der Waals surface area contributed by atoms with Gasteiger partial charge in [0, 0.05) is 0 Å². The summed E-state index contributed by atoms with van der Waals surface area (Å²) in [6.45, 7) is 5.80. The zero-order valence-corrected chi connectivity index (χ0v) is 21.6. The van der Waals surface area contributed by atoms with Crippen LogP contribution in [0.5, 0.6) is 17.4 Å². The number of hydrogen-bond acceptors (Lipinski definition) is 7. The maximum Gasteiger partial charge on any atom is 0.344 e. The van der Waals surface area contributed by atoms with Crippen molar-refractivity contribution in [1.29, 1.82) is 5.26 Å². The number of para-hydroxylation sites is 1. The number of ether oxygens (including phenoxy) is 2. The summed E-state index contributed by atoms with van der Waals surface area (Å²) in [6.07, 6.45) is 0. The van der Waals surface area contributed by atoms with Crippen molar-refractivity contribution in [2.45, 2.75) is 26.7 Å². The number of nitrogens with zero attached hydrogens (tertiary/aromatic N) is 3. The average molecular weight is 517 g/mol. The van der Waals surface area contributed by atoms with E-state index >= 15 is 0 Å². The fourth-order valence-electron chi connectivity index (χ4n) is 4.88. The van der Waals surface area contributed by atoms with Gasteiger partial charge in [-0.2, -0.15) is 10.4 Å². The molecule has 1 atom stereocenters. The summed E-state index contributed by atoms with van der Waals surface area (Å²) >= 11 is 0. The third-order valence-corrected chi connectivity index (χ3v) is 6.84. The van der Waals surface area contributed by atoms with Gasteiger partial charge in [-0.3, -0.25) is 0 Å². The lowest BCUT2D eigenvalue weighted by atomic mass is 9.83. The zero-order chi connectivity index (χ0) is 27.3. The molecule has 2 N–H and O–H groups in total. The first kappa shape index (κ1) is 24.1. The van der Waals surface area contributed by atoms with Gasteiger partial charge in [-0.15, -0.1) is 0 Å². The molecule has 1 aliphatic rings. The molecule has 3 heterocycles. The molecule has 0 spiro atoms. The Morgan fingerprint density at radius 1 is 0.949 bits per heavy atom. The van der Waals surface area contributed by atoms with Crippen LogP contribution in [0.25, 0.3) is 16.7 Å². The number of fused-ring (bicyclic) bond motifs is 3. The summed E-state index contributed by atoms with van der Waals surface area (Å²) in [7, 11) is 0. The molecular weight excluding hydrogens is 492 g/mol. The van der Waals surface area contributed by atoms with Gasteiger partial charge in [0.1, 0.15) is 23.0 Å². The van der Waals surface area contributed by atoms with E-state index in [9.17, 15) is 10.1 Å². The fourth-order valence-corrected chi connectivity index (χ4v) is 4.88. The molecule has 0 radical (unpaired) electrons. The largest absolute Gasteiger partial charge is 0.439 e. The SMILES string of the molecule is Cc1ccc(Oc2c(C3C(C#N)=C(N)Oc4c3c(=O)oc3ccccc43)c(C)nn2-c2ccc(C)cc2)cc1. The Kier molecular flexibility index (Phi) is 5.69. The molecule has 8 heteroatoms. The molecule has 5 aromatic rings. The minimum atomic E-state index is -0.931. The van der Waals surface area contributed by atoms with Gasteiger partial charge in [0.25, 0.3) is 0 Å². The molecule has 0 aliphatic carbocycles. The predicted octanol–water partition coefficient (Wildman–Crippen LogP) is 5.91. The molecular formula is C31H24N4O4. The average Bonchev–Trinajstić information content (AvgIpc) is 3.24. The van der Waals surface area contributed by atoms with E-state index in [1.807, 2.05) is 75.4 Å². The summed E-state index contributed by atoms with van der Waals surface area (Å²) < 4.78 is 19.7. The lowest BCUT2D eigenvalue weighted by molar-refractivity contribution is 0.385. The molecule has 8 nitrogen and oxygen atoms in total. The molecule has 3 aromatic carbocycles. The fraction of sp³-hybridized carbons (Fsp3) is 0.129. The van der Waals surface area contributed by atoms with Crippen molar-refractivity contribution in [3.63, 3.8) is 0 Å². The number of benzene rings is 3. The molecule has 39 heavy (non-hydrogen) atoms. The number of allylic oxidation sites excluding steroid dienone is 1. The second-order valence-electron chi connectivity index (χ2n) is 9.52. The van der Waals surface area contributed by atoms with E-state index in [-0.39, 0.29) is 22.8 Å². The van der Waals surface area contributed by atoms with E-state index in [2.05, 4.69) is 6.07 Å². The second-order valence-corrected chi connectivity index (χ2v) is 9.52. The Bertz CT molecular complexity index is 1870. The molecule has 1 aliphatic heterocycles. The van der Waals surface area contributed by atoms with Crippen LogP contribution in [0.15, 0.2) is 93.5 Å². The highest BCUT2D eigenvalue weighted by Crippen LogP contribution is 2.48. The maximum atomic E-state index is 13.5. The smallest absolute Gasteiger partial charge is 0.344 e. The molecule has 2 aromatic heterocycles. The van der Waals surface area contributed by atoms with Crippen LogP contribution in [0.2, 0.25) is 0 Å². The van der Waals surface area contributed by atoms with Gasteiger partial charge in [0.15, 0.2) is 5.75 Å². The van der Waals surface area contributed by atoms with Gasteiger partial charge in [0.05, 0.1) is 33.8 Å². The Balaban J connectivity index is 1.66. The summed E-state index contributed by atoms with van der Waals surface area (Å²) in [5, 5.41) is 15.6. The van der Waals surface area contributed by atoms with Crippen LogP contribution in [-0.2, 0) is 0 Å². The third-order valence-electron chi connectivity index (χ3n) is 6.84. The van der Waals surface area contributed by atoms with Crippen molar-refractivity contribution in [3.8, 4) is 29.1 Å². The summed E-state index contributed by atoms with van der Waals surface area (Å²) in [4.78, 5) is 13.5. The first-order chi connectivity index (χ1) is 18.9. The van der Waals surface area contributed by atoms with Crippen molar-refractivity contribution in [1.82, 2.24) is 9.78 Å². The van der Waals surface area contributed by atoms with Gasteiger partial charge in [-0.1, -0.05) is 47.5 Å². The molecule has 0 fully saturated rings. The summed E-state index contributed by atoms with van der Waals surface area (Å²) in [6, 6.07) is 24.6. The van der Waals surface area contributed by atoms with Crippen molar-refractivity contribution < 1.29 is 13.9 Å². The molecule has 0 saturated carbocycles. The molecule has 1 unspecified atom stereocenters. The third kappa shape index (κ3) is 4.01. The van der Waals surface area contributed by atoms with Crippen LogP contribution < -0.4 is 20.8 Å². The predicted molar refractivity (Wildman–Crippen MR) is 146 cm³/mol. The first-order valence-corrected chi connectivity index (χ1v) is 12.4. The van der Waals surface area contributed by atoms with Crippen LogP contribution in [0.1, 0.15) is 33.9 Å². The minimum absolute atomic E-state index is 0.0744.